The maximum absolute atomic E-state index is 12.3. The van der Waals surface area contributed by atoms with Gasteiger partial charge in [-0.25, -0.2) is 0 Å². The zero-order valence-electron chi connectivity index (χ0n) is 13.2. The van der Waals surface area contributed by atoms with Gasteiger partial charge in [-0.05, 0) is 19.4 Å². The van der Waals surface area contributed by atoms with Gasteiger partial charge in [-0.15, -0.1) is 10.2 Å². The number of anilines is 1. The van der Waals surface area contributed by atoms with E-state index in [0.29, 0.717) is 10.8 Å². The number of hydrogen-bond acceptors (Lipinski definition) is 5. The van der Waals surface area contributed by atoms with E-state index >= 15 is 0 Å². The van der Waals surface area contributed by atoms with E-state index in [4.69, 9.17) is 0 Å². The van der Waals surface area contributed by atoms with Gasteiger partial charge in [0.25, 0.3) is 5.91 Å². The van der Waals surface area contributed by atoms with Gasteiger partial charge in [0, 0.05) is 12.6 Å². The van der Waals surface area contributed by atoms with Crippen molar-refractivity contribution in [2.75, 3.05) is 5.32 Å². The van der Waals surface area contributed by atoms with Crippen LogP contribution in [0.4, 0.5) is 5.13 Å². The summed E-state index contributed by atoms with van der Waals surface area (Å²) in [6.07, 6.45) is 0.789. The molecule has 23 heavy (non-hydrogen) atoms. The quantitative estimate of drug-likeness (QED) is 0.799. The Bertz CT molecular complexity index is 835. The molecule has 0 bridgehead atoms. The number of benzene rings is 1. The third kappa shape index (κ3) is 3.29. The van der Waals surface area contributed by atoms with Gasteiger partial charge >= 0.3 is 0 Å². The Balaban J connectivity index is 1.77. The largest absolute Gasteiger partial charge is 0.295 e. The van der Waals surface area contributed by atoms with Crippen LogP contribution in [0.1, 0.15) is 28.7 Å². The molecule has 0 aliphatic carbocycles. The summed E-state index contributed by atoms with van der Waals surface area (Å²) in [6.45, 7) is 4.04. The van der Waals surface area contributed by atoms with Gasteiger partial charge in [0.05, 0.1) is 5.69 Å². The van der Waals surface area contributed by atoms with Crippen LogP contribution in [-0.4, -0.2) is 25.9 Å². The van der Waals surface area contributed by atoms with E-state index in [1.807, 2.05) is 38.1 Å². The summed E-state index contributed by atoms with van der Waals surface area (Å²) in [5, 5.41) is 16.5. The highest BCUT2D eigenvalue weighted by Gasteiger charge is 2.15. The van der Waals surface area contributed by atoms with E-state index in [0.717, 1.165) is 22.7 Å². The fourth-order valence-corrected chi connectivity index (χ4v) is 2.90. The first kappa shape index (κ1) is 15.4. The monoisotopic (exact) mass is 327 g/mol. The van der Waals surface area contributed by atoms with Crippen molar-refractivity contribution in [2.45, 2.75) is 20.3 Å². The summed E-state index contributed by atoms with van der Waals surface area (Å²) in [5.41, 5.74) is 3.57. The van der Waals surface area contributed by atoms with Crippen molar-refractivity contribution < 1.29 is 4.79 Å². The minimum atomic E-state index is -0.230. The second-order valence-corrected chi connectivity index (χ2v) is 6.21. The molecule has 0 fully saturated rings. The molecular weight excluding hydrogens is 310 g/mol. The smallest absolute Gasteiger partial charge is 0.275 e. The van der Waals surface area contributed by atoms with Crippen molar-refractivity contribution in [3.63, 3.8) is 0 Å². The summed E-state index contributed by atoms with van der Waals surface area (Å²) >= 11 is 1.35. The van der Waals surface area contributed by atoms with Crippen molar-refractivity contribution in [1.29, 1.82) is 0 Å². The maximum atomic E-state index is 12.3. The number of rotatable bonds is 4. The standard InChI is InChI=1S/C16H17N5OS/c1-4-12-9-13(21(3)20-12)14(22)17-16-19-18-15(23-16)11-7-5-10(2)6-8-11/h5-9H,4H2,1-3H3,(H,17,19,22). The molecule has 1 N–H and O–H groups in total. The lowest BCUT2D eigenvalue weighted by Crippen LogP contribution is -2.15. The zero-order chi connectivity index (χ0) is 16.4. The first-order chi connectivity index (χ1) is 11.1. The molecule has 118 valence electrons. The van der Waals surface area contributed by atoms with E-state index in [1.54, 1.807) is 17.8 Å². The van der Waals surface area contributed by atoms with Gasteiger partial charge in [0.1, 0.15) is 10.7 Å². The molecule has 0 saturated carbocycles. The molecule has 0 atom stereocenters. The molecule has 2 heterocycles. The van der Waals surface area contributed by atoms with Crippen molar-refractivity contribution >= 4 is 22.4 Å². The normalized spacial score (nSPS) is 10.7. The molecule has 3 aromatic rings. The van der Waals surface area contributed by atoms with Crippen LogP contribution < -0.4 is 5.32 Å². The van der Waals surface area contributed by atoms with Crippen LogP contribution in [0.2, 0.25) is 0 Å². The summed E-state index contributed by atoms with van der Waals surface area (Å²) < 4.78 is 1.58. The van der Waals surface area contributed by atoms with E-state index in [1.165, 1.54) is 16.9 Å². The van der Waals surface area contributed by atoms with Crippen molar-refractivity contribution in [3.8, 4) is 10.6 Å². The van der Waals surface area contributed by atoms with Crippen molar-refractivity contribution in [2.24, 2.45) is 7.05 Å². The molecule has 3 rings (SSSR count). The first-order valence-corrected chi connectivity index (χ1v) is 8.13. The van der Waals surface area contributed by atoms with Gasteiger partial charge in [-0.2, -0.15) is 5.10 Å². The van der Waals surface area contributed by atoms with Gasteiger partial charge in [0.2, 0.25) is 5.13 Å². The Morgan fingerprint density at radius 3 is 2.65 bits per heavy atom. The van der Waals surface area contributed by atoms with Crippen LogP contribution in [0, 0.1) is 6.92 Å². The number of aromatic nitrogens is 4. The Morgan fingerprint density at radius 2 is 2.00 bits per heavy atom. The lowest BCUT2D eigenvalue weighted by Gasteiger charge is -2.00. The van der Waals surface area contributed by atoms with Crippen LogP contribution in [0.5, 0.6) is 0 Å². The van der Waals surface area contributed by atoms with Crippen LogP contribution in [0.25, 0.3) is 10.6 Å². The van der Waals surface area contributed by atoms with Gasteiger partial charge in [-0.3, -0.25) is 14.8 Å². The lowest BCUT2D eigenvalue weighted by molar-refractivity contribution is 0.101. The highest BCUT2D eigenvalue weighted by molar-refractivity contribution is 7.18. The van der Waals surface area contributed by atoms with Gasteiger partial charge < -0.3 is 0 Å². The second-order valence-electron chi connectivity index (χ2n) is 5.23. The minimum Gasteiger partial charge on any atom is -0.295 e. The molecule has 1 aromatic carbocycles. The van der Waals surface area contributed by atoms with Crippen LogP contribution in [0.3, 0.4) is 0 Å². The molecule has 0 radical (unpaired) electrons. The topological polar surface area (TPSA) is 72.7 Å². The average Bonchev–Trinajstić information content (AvgIpc) is 3.14. The van der Waals surface area contributed by atoms with Crippen LogP contribution >= 0.6 is 11.3 Å². The van der Waals surface area contributed by atoms with Crippen LogP contribution in [-0.2, 0) is 13.5 Å². The Kier molecular flexibility index (Phi) is 4.20. The number of nitrogens with zero attached hydrogens (tertiary/aromatic N) is 4. The van der Waals surface area contributed by atoms with Crippen molar-refractivity contribution in [3.05, 3.63) is 47.3 Å². The predicted molar refractivity (Wildman–Crippen MR) is 90.6 cm³/mol. The van der Waals surface area contributed by atoms with E-state index in [9.17, 15) is 4.79 Å². The molecule has 0 aliphatic heterocycles. The third-order valence-electron chi connectivity index (χ3n) is 3.47. The number of amides is 1. The third-order valence-corrected chi connectivity index (χ3v) is 4.36. The number of aryl methyl sites for hydroxylation is 3. The summed E-state index contributed by atoms with van der Waals surface area (Å²) in [6, 6.07) is 9.83. The zero-order valence-corrected chi connectivity index (χ0v) is 14.0. The molecule has 0 saturated heterocycles. The molecule has 0 aliphatic rings. The van der Waals surface area contributed by atoms with E-state index in [2.05, 4.69) is 20.6 Å². The first-order valence-electron chi connectivity index (χ1n) is 7.31. The molecule has 6 nitrogen and oxygen atoms in total. The highest BCUT2D eigenvalue weighted by atomic mass is 32.1. The maximum Gasteiger partial charge on any atom is 0.275 e. The lowest BCUT2D eigenvalue weighted by atomic mass is 10.2. The summed E-state index contributed by atoms with van der Waals surface area (Å²) in [4.78, 5) is 12.3. The Hall–Kier alpha value is -2.54. The Morgan fingerprint density at radius 1 is 1.26 bits per heavy atom. The molecule has 1 amide bonds. The predicted octanol–water partition coefficient (Wildman–Crippen LogP) is 3.06. The summed E-state index contributed by atoms with van der Waals surface area (Å²) in [5.74, 6) is -0.230. The Labute approximate surface area is 138 Å². The minimum absolute atomic E-state index is 0.230. The van der Waals surface area contributed by atoms with E-state index < -0.39 is 0 Å². The molecule has 2 aromatic heterocycles. The van der Waals surface area contributed by atoms with Crippen LogP contribution in [0.15, 0.2) is 30.3 Å². The fraction of sp³-hybridized carbons (Fsp3) is 0.250. The number of carbonyl (C=O) groups excluding carboxylic acids is 1. The van der Waals surface area contributed by atoms with Crippen molar-refractivity contribution in [1.82, 2.24) is 20.0 Å². The number of nitrogens with one attached hydrogen (secondary N) is 1. The number of hydrogen-bond donors (Lipinski definition) is 1. The molecular formula is C16H17N5OS. The second kappa shape index (κ2) is 6.29. The average molecular weight is 327 g/mol. The van der Waals surface area contributed by atoms with Gasteiger partial charge in [-0.1, -0.05) is 48.1 Å². The number of carbonyl (C=O) groups is 1. The molecule has 0 spiro atoms. The van der Waals surface area contributed by atoms with Gasteiger partial charge in [0.15, 0.2) is 0 Å². The van der Waals surface area contributed by atoms with E-state index in [-0.39, 0.29) is 5.91 Å². The SMILES string of the molecule is CCc1cc(C(=O)Nc2nnc(-c3ccc(C)cc3)s2)n(C)n1. The molecule has 7 heteroatoms. The molecule has 0 unspecified atom stereocenters. The fourth-order valence-electron chi connectivity index (χ4n) is 2.16. The highest BCUT2D eigenvalue weighted by Crippen LogP contribution is 2.26. The summed E-state index contributed by atoms with van der Waals surface area (Å²) in [7, 11) is 1.76.